The van der Waals surface area contributed by atoms with Gasteiger partial charge in [-0.2, -0.15) is 0 Å². The van der Waals surface area contributed by atoms with Crippen LogP contribution in [0, 0.1) is 6.92 Å². The van der Waals surface area contributed by atoms with Crippen molar-refractivity contribution < 1.29 is 0 Å². The van der Waals surface area contributed by atoms with Crippen molar-refractivity contribution >= 4 is 33.4 Å². The second kappa shape index (κ2) is 3.54. The van der Waals surface area contributed by atoms with Gasteiger partial charge in [-0.25, -0.2) is 0 Å². The highest BCUT2D eigenvalue weighted by Crippen LogP contribution is 2.40. The lowest BCUT2D eigenvalue weighted by atomic mass is 10.2. The minimum absolute atomic E-state index is 1.14. The van der Waals surface area contributed by atoms with Crippen molar-refractivity contribution in [3.8, 4) is 0 Å². The Kier molecular flexibility index (Phi) is 2.56. The topological polar surface area (TPSA) is 3.24 Å². The smallest absolute Gasteiger partial charge is 0.0646 e. The third-order valence-corrected chi connectivity index (χ3v) is 3.85. The fraction of sp³-hybridized carbons (Fsp3) is 0.400. The first kappa shape index (κ1) is 9.41. The highest BCUT2D eigenvalue weighted by molar-refractivity contribution is 9.10. The van der Waals surface area contributed by atoms with Crippen molar-refractivity contribution in [3.63, 3.8) is 0 Å². The maximum Gasteiger partial charge on any atom is 0.0646 e. The number of rotatable bonds is 0. The molecule has 1 aromatic rings. The molecule has 1 aliphatic heterocycles. The molecule has 70 valence electrons. The van der Waals surface area contributed by atoms with Crippen LogP contribution in [0.1, 0.15) is 5.56 Å². The van der Waals surface area contributed by atoms with Crippen molar-refractivity contribution in [3.05, 3.63) is 22.2 Å². The van der Waals surface area contributed by atoms with Gasteiger partial charge in [-0.1, -0.05) is 0 Å². The van der Waals surface area contributed by atoms with Crippen LogP contribution in [-0.4, -0.2) is 19.3 Å². The number of anilines is 1. The minimum atomic E-state index is 1.14. The van der Waals surface area contributed by atoms with E-state index in [0.717, 1.165) is 6.54 Å². The fourth-order valence-electron chi connectivity index (χ4n) is 1.59. The summed E-state index contributed by atoms with van der Waals surface area (Å²) in [5, 5.41) is 0. The van der Waals surface area contributed by atoms with Crippen molar-refractivity contribution in [1.29, 1.82) is 0 Å². The van der Waals surface area contributed by atoms with Crippen LogP contribution in [-0.2, 0) is 0 Å². The van der Waals surface area contributed by atoms with Crippen molar-refractivity contribution in [2.75, 3.05) is 24.2 Å². The Hall–Kier alpha value is -0.150. The molecule has 0 N–H and O–H groups in total. The molecule has 2 rings (SSSR count). The standard InChI is InChI=1S/C10H12BrNS/c1-7-5-8(11)10-9(6-7)13-4-3-12(10)2/h5-6H,3-4H2,1-2H3. The third kappa shape index (κ3) is 1.72. The highest BCUT2D eigenvalue weighted by Gasteiger charge is 2.17. The van der Waals surface area contributed by atoms with Gasteiger partial charge in [0.25, 0.3) is 0 Å². The molecule has 1 aromatic carbocycles. The number of benzene rings is 1. The highest BCUT2D eigenvalue weighted by atomic mass is 79.9. The number of aryl methyl sites for hydroxylation is 1. The summed E-state index contributed by atoms with van der Waals surface area (Å²) in [5.74, 6) is 1.19. The first-order valence-corrected chi connectivity index (χ1v) is 6.10. The van der Waals surface area contributed by atoms with Crippen LogP contribution in [0.15, 0.2) is 21.5 Å². The number of hydrogen-bond acceptors (Lipinski definition) is 2. The zero-order valence-corrected chi connectivity index (χ0v) is 10.2. The second-order valence-electron chi connectivity index (χ2n) is 3.36. The van der Waals surface area contributed by atoms with Gasteiger partial charge in [0, 0.05) is 28.7 Å². The van der Waals surface area contributed by atoms with Gasteiger partial charge in [-0.05, 0) is 40.5 Å². The number of hydrogen-bond donors (Lipinski definition) is 0. The molecule has 0 atom stereocenters. The van der Waals surface area contributed by atoms with Crippen molar-refractivity contribution in [2.24, 2.45) is 0 Å². The predicted octanol–water partition coefficient (Wildman–Crippen LogP) is 3.30. The second-order valence-corrected chi connectivity index (χ2v) is 5.35. The van der Waals surface area contributed by atoms with Gasteiger partial charge < -0.3 is 4.90 Å². The normalized spacial score (nSPS) is 15.8. The van der Waals surface area contributed by atoms with Gasteiger partial charge in [0.15, 0.2) is 0 Å². The van der Waals surface area contributed by atoms with Gasteiger partial charge in [0.1, 0.15) is 0 Å². The summed E-state index contributed by atoms with van der Waals surface area (Å²) in [6.07, 6.45) is 0. The summed E-state index contributed by atoms with van der Waals surface area (Å²) in [4.78, 5) is 3.72. The molecule has 0 fully saturated rings. The predicted molar refractivity (Wildman–Crippen MR) is 62.9 cm³/mol. The molecule has 0 radical (unpaired) electrons. The average Bonchev–Trinajstić information content (AvgIpc) is 2.02. The van der Waals surface area contributed by atoms with E-state index >= 15 is 0 Å². The zero-order valence-electron chi connectivity index (χ0n) is 7.80. The number of nitrogens with zero attached hydrogens (tertiary/aromatic N) is 1. The monoisotopic (exact) mass is 257 g/mol. The molecule has 0 aromatic heterocycles. The lowest BCUT2D eigenvalue weighted by Crippen LogP contribution is -2.24. The Labute approximate surface area is 91.6 Å². The SMILES string of the molecule is Cc1cc(Br)c2c(c1)SCCN2C. The zero-order chi connectivity index (χ0) is 9.42. The summed E-state index contributed by atoms with van der Waals surface area (Å²) in [6.45, 7) is 3.28. The van der Waals surface area contributed by atoms with Crippen molar-refractivity contribution in [2.45, 2.75) is 11.8 Å². The number of thioether (sulfide) groups is 1. The van der Waals surface area contributed by atoms with Gasteiger partial charge in [-0.3, -0.25) is 0 Å². The quantitative estimate of drug-likeness (QED) is 0.702. The summed E-state index contributed by atoms with van der Waals surface area (Å²) >= 11 is 5.57. The molecular weight excluding hydrogens is 246 g/mol. The Morgan fingerprint density at radius 2 is 2.23 bits per heavy atom. The molecule has 0 spiro atoms. The molecule has 1 heterocycles. The number of halogens is 1. The van der Waals surface area contributed by atoms with Crippen LogP contribution in [0.4, 0.5) is 5.69 Å². The van der Waals surface area contributed by atoms with E-state index in [9.17, 15) is 0 Å². The van der Waals surface area contributed by atoms with Crippen LogP contribution < -0.4 is 4.90 Å². The first-order chi connectivity index (χ1) is 6.18. The minimum Gasteiger partial charge on any atom is -0.372 e. The van der Waals surface area contributed by atoms with E-state index < -0.39 is 0 Å². The molecule has 0 amide bonds. The molecular formula is C10H12BrNS. The van der Waals surface area contributed by atoms with E-state index in [-0.39, 0.29) is 0 Å². The van der Waals surface area contributed by atoms with E-state index in [4.69, 9.17) is 0 Å². The molecule has 1 nitrogen and oxygen atoms in total. The Bertz CT molecular complexity index is 338. The molecule has 0 bridgehead atoms. The third-order valence-electron chi connectivity index (χ3n) is 2.24. The molecule has 1 aliphatic rings. The largest absolute Gasteiger partial charge is 0.372 e. The van der Waals surface area contributed by atoms with Gasteiger partial charge >= 0.3 is 0 Å². The number of fused-ring (bicyclic) bond motifs is 1. The van der Waals surface area contributed by atoms with Crippen LogP contribution in [0.5, 0.6) is 0 Å². The Balaban J connectivity index is 2.56. The van der Waals surface area contributed by atoms with Crippen LogP contribution in [0.25, 0.3) is 0 Å². The summed E-state index contributed by atoms with van der Waals surface area (Å²) in [5.41, 5.74) is 2.68. The molecule has 0 unspecified atom stereocenters. The average molecular weight is 258 g/mol. The van der Waals surface area contributed by atoms with Gasteiger partial charge in [0.2, 0.25) is 0 Å². The fourth-order valence-corrected chi connectivity index (χ4v) is 3.85. The summed E-state index contributed by atoms with van der Waals surface area (Å²) < 4.78 is 1.22. The summed E-state index contributed by atoms with van der Waals surface area (Å²) in [6, 6.07) is 4.45. The lowest BCUT2D eigenvalue weighted by molar-refractivity contribution is 0.937. The maximum absolute atomic E-state index is 3.62. The molecule has 0 saturated heterocycles. The van der Waals surface area contributed by atoms with E-state index in [1.54, 1.807) is 0 Å². The lowest BCUT2D eigenvalue weighted by Gasteiger charge is -2.28. The summed E-state index contributed by atoms with van der Waals surface area (Å²) in [7, 11) is 2.15. The van der Waals surface area contributed by atoms with Crippen LogP contribution in [0.3, 0.4) is 0 Å². The van der Waals surface area contributed by atoms with Gasteiger partial charge in [-0.15, -0.1) is 11.8 Å². The van der Waals surface area contributed by atoms with Crippen molar-refractivity contribution in [1.82, 2.24) is 0 Å². The van der Waals surface area contributed by atoms with Crippen LogP contribution in [0.2, 0.25) is 0 Å². The van der Waals surface area contributed by atoms with Gasteiger partial charge in [0.05, 0.1) is 5.69 Å². The molecule has 0 aliphatic carbocycles. The van der Waals surface area contributed by atoms with Crippen LogP contribution >= 0.6 is 27.7 Å². The van der Waals surface area contributed by atoms with E-state index in [0.29, 0.717) is 0 Å². The first-order valence-electron chi connectivity index (χ1n) is 4.32. The Morgan fingerprint density at radius 1 is 1.46 bits per heavy atom. The molecule has 3 heteroatoms. The van der Waals surface area contributed by atoms with E-state index in [1.165, 1.54) is 26.4 Å². The Morgan fingerprint density at radius 3 is 3.00 bits per heavy atom. The molecule has 13 heavy (non-hydrogen) atoms. The van der Waals surface area contributed by atoms with E-state index in [2.05, 4.69) is 46.9 Å². The molecule has 0 saturated carbocycles. The maximum atomic E-state index is 3.62. The van der Waals surface area contributed by atoms with E-state index in [1.807, 2.05) is 11.8 Å².